The number of rotatable bonds is 9. The van der Waals surface area contributed by atoms with Crippen molar-refractivity contribution in [3.8, 4) is 5.75 Å². The minimum atomic E-state index is -0.426. The van der Waals surface area contributed by atoms with Crippen molar-refractivity contribution in [1.29, 1.82) is 0 Å². The van der Waals surface area contributed by atoms with Crippen LogP contribution < -0.4 is 10.1 Å². The Bertz CT molecular complexity index is 435. The molecule has 0 aromatic heterocycles. The molecule has 0 fully saturated rings. The van der Waals surface area contributed by atoms with Crippen molar-refractivity contribution in [2.45, 2.75) is 32.8 Å². The van der Waals surface area contributed by atoms with E-state index in [0.717, 1.165) is 26.0 Å². The number of nitro groups is 1. The summed E-state index contributed by atoms with van der Waals surface area (Å²) in [6.07, 6.45) is 2.15. The van der Waals surface area contributed by atoms with Crippen LogP contribution in [0, 0.1) is 10.1 Å². The van der Waals surface area contributed by atoms with Gasteiger partial charge in [0.1, 0.15) is 5.75 Å². The number of methoxy groups -OCH3 is 1. The molecule has 112 valence electrons. The maximum Gasteiger partial charge on any atom is 0.275 e. The lowest BCUT2D eigenvalue weighted by atomic mass is 10.2. The number of hydrogen-bond donors (Lipinski definition) is 1. The van der Waals surface area contributed by atoms with Gasteiger partial charge in [0, 0.05) is 31.0 Å². The second kappa shape index (κ2) is 8.37. The average molecular weight is 282 g/mol. The second-order valence-corrected chi connectivity index (χ2v) is 4.73. The van der Waals surface area contributed by atoms with Gasteiger partial charge < -0.3 is 14.8 Å². The molecule has 0 amide bonds. The topological polar surface area (TPSA) is 73.6 Å². The van der Waals surface area contributed by atoms with Crippen molar-refractivity contribution in [3.63, 3.8) is 0 Å². The van der Waals surface area contributed by atoms with Crippen molar-refractivity contribution >= 4 is 11.4 Å². The van der Waals surface area contributed by atoms with Crippen LogP contribution >= 0.6 is 0 Å². The molecular formula is C14H22N2O4. The lowest BCUT2D eigenvalue weighted by Crippen LogP contribution is -2.07. The fraction of sp³-hybridized carbons (Fsp3) is 0.571. The molecule has 6 nitrogen and oxygen atoms in total. The van der Waals surface area contributed by atoms with Crippen LogP contribution in [-0.4, -0.2) is 31.3 Å². The first-order valence-electron chi connectivity index (χ1n) is 6.72. The molecule has 1 rings (SSSR count). The molecule has 1 N–H and O–H groups in total. The predicted molar refractivity (Wildman–Crippen MR) is 78.5 cm³/mol. The molecule has 0 aliphatic carbocycles. The number of non-ortho nitro benzene ring substituents is 1. The van der Waals surface area contributed by atoms with Crippen LogP contribution in [0.3, 0.4) is 0 Å². The molecule has 0 saturated carbocycles. The molecule has 0 aliphatic rings. The molecule has 1 aromatic rings. The third-order valence-electron chi connectivity index (χ3n) is 2.69. The summed E-state index contributed by atoms with van der Waals surface area (Å²) in [5, 5.41) is 14.0. The highest BCUT2D eigenvalue weighted by atomic mass is 16.6. The van der Waals surface area contributed by atoms with Gasteiger partial charge in [-0.3, -0.25) is 10.1 Å². The summed E-state index contributed by atoms with van der Waals surface area (Å²) >= 11 is 0. The molecule has 0 bridgehead atoms. The zero-order chi connectivity index (χ0) is 15.0. The number of nitro benzene ring substituents is 1. The maximum absolute atomic E-state index is 10.8. The van der Waals surface area contributed by atoms with Crippen molar-refractivity contribution in [1.82, 2.24) is 0 Å². The van der Waals surface area contributed by atoms with Crippen LogP contribution in [0.15, 0.2) is 18.2 Å². The highest BCUT2D eigenvalue weighted by Crippen LogP contribution is 2.25. The van der Waals surface area contributed by atoms with Crippen molar-refractivity contribution in [2.75, 3.05) is 25.6 Å². The van der Waals surface area contributed by atoms with Gasteiger partial charge >= 0.3 is 0 Å². The lowest BCUT2D eigenvalue weighted by molar-refractivity contribution is -0.384. The Morgan fingerprint density at radius 2 is 2.05 bits per heavy atom. The largest absolute Gasteiger partial charge is 0.496 e. The van der Waals surface area contributed by atoms with Gasteiger partial charge in [0.15, 0.2) is 0 Å². The molecule has 0 unspecified atom stereocenters. The molecule has 0 aliphatic heterocycles. The van der Waals surface area contributed by atoms with E-state index < -0.39 is 4.92 Å². The number of nitrogens with one attached hydrogen (secondary N) is 1. The van der Waals surface area contributed by atoms with E-state index in [-0.39, 0.29) is 11.8 Å². The first kappa shape index (κ1) is 16.2. The summed E-state index contributed by atoms with van der Waals surface area (Å²) in [6, 6.07) is 4.66. The summed E-state index contributed by atoms with van der Waals surface area (Å²) in [5.41, 5.74) is 0.718. The van der Waals surface area contributed by atoms with Crippen molar-refractivity contribution < 1.29 is 14.4 Å². The SMILES string of the molecule is COc1cc(NCCCCOC(C)C)cc([N+](=O)[O-])c1. The molecule has 6 heteroatoms. The number of unbranched alkanes of at least 4 members (excludes halogenated alkanes) is 1. The quantitative estimate of drug-likeness (QED) is 0.427. The fourth-order valence-electron chi connectivity index (χ4n) is 1.69. The van der Waals surface area contributed by atoms with Crippen LogP contribution in [0.5, 0.6) is 5.75 Å². The monoisotopic (exact) mass is 282 g/mol. The van der Waals surface area contributed by atoms with Crippen LogP contribution in [0.25, 0.3) is 0 Å². The van der Waals surface area contributed by atoms with E-state index in [1.165, 1.54) is 19.2 Å². The van der Waals surface area contributed by atoms with E-state index in [2.05, 4.69) is 5.32 Å². The summed E-state index contributed by atoms with van der Waals surface area (Å²) in [5.74, 6) is 0.477. The zero-order valence-corrected chi connectivity index (χ0v) is 12.2. The highest BCUT2D eigenvalue weighted by Gasteiger charge is 2.09. The van der Waals surface area contributed by atoms with Crippen LogP contribution in [0.4, 0.5) is 11.4 Å². The Kier molecular flexibility index (Phi) is 6.79. The Balaban J connectivity index is 2.43. The number of benzene rings is 1. The number of nitrogens with zero attached hydrogens (tertiary/aromatic N) is 1. The molecule has 0 spiro atoms. The predicted octanol–water partition coefficient (Wildman–Crippen LogP) is 3.22. The van der Waals surface area contributed by atoms with Gasteiger partial charge in [0.25, 0.3) is 5.69 Å². The van der Waals surface area contributed by atoms with Crippen LogP contribution in [0.2, 0.25) is 0 Å². The van der Waals surface area contributed by atoms with Crippen LogP contribution in [-0.2, 0) is 4.74 Å². The summed E-state index contributed by atoms with van der Waals surface area (Å²) < 4.78 is 10.5. The van der Waals surface area contributed by atoms with E-state index in [1.54, 1.807) is 6.07 Å². The minimum absolute atomic E-state index is 0.0231. The second-order valence-electron chi connectivity index (χ2n) is 4.73. The summed E-state index contributed by atoms with van der Waals surface area (Å²) in [6.45, 7) is 5.49. The number of hydrogen-bond acceptors (Lipinski definition) is 5. The zero-order valence-electron chi connectivity index (χ0n) is 12.2. The first-order chi connectivity index (χ1) is 9.52. The summed E-state index contributed by atoms with van der Waals surface area (Å²) in [7, 11) is 1.49. The van der Waals surface area contributed by atoms with Crippen LogP contribution in [0.1, 0.15) is 26.7 Å². The van der Waals surface area contributed by atoms with Gasteiger partial charge in [0.05, 0.1) is 24.2 Å². The van der Waals surface area contributed by atoms with E-state index in [4.69, 9.17) is 9.47 Å². The molecule has 20 heavy (non-hydrogen) atoms. The molecule has 0 atom stereocenters. The van der Waals surface area contributed by atoms with Gasteiger partial charge in [0.2, 0.25) is 0 Å². The molecule has 0 saturated heterocycles. The fourth-order valence-corrected chi connectivity index (χ4v) is 1.69. The van der Waals surface area contributed by atoms with Gasteiger partial charge in [-0.15, -0.1) is 0 Å². The highest BCUT2D eigenvalue weighted by molar-refractivity contribution is 5.56. The number of ether oxygens (including phenoxy) is 2. The van der Waals surface area contributed by atoms with Gasteiger partial charge in [-0.2, -0.15) is 0 Å². The normalized spacial score (nSPS) is 10.6. The Hall–Kier alpha value is -1.82. The Morgan fingerprint density at radius 3 is 2.65 bits per heavy atom. The molecule has 0 heterocycles. The van der Waals surface area contributed by atoms with Crippen molar-refractivity contribution in [2.24, 2.45) is 0 Å². The first-order valence-corrected chi connectivity index (χ1v) is 6.72. The standard InChI is InChI=1S/C14H22N2O4/c1-11(2)20-7-5-4-6-15-12-8-13(16(17)18)10-14(9-12)19-3/h8-11,15H,4-7H2,1-3H3. The minimum Gasteiger partial charge on any atom is -0.496 e. The smallest absolute Gasteiger partial charge is 0.275 e. The third kappa shape index (κ3) is 5.88. The van der Waals surface area contributed by atoms with E-state index >= 15 is 0 Å². The Morgan fingerprint density at radius 1 is 1.30 bits per heavy atom. The van der Waals surface area contributed by atoms with E-state index in [9.17, 15) is 10.1 Å². The molecule has 1 aromatic carbocycles. The Labute approximate surface area is 119 Å². The third-order valence-corrected chi connectivity index (χ3v) is 2.69. The van der Waals surface area contributed by atoms with E-state index in [1.807, 2.05) is 13.8 Å². The average Bonchev–Trinajstić information content (AvgIpc) is 2.41. The van der Waals surface area contributed by atoms with Crippen molar-refractivity contribution in [3.05, 3.63) is 28.3 Å². The maximum atomic E-state index is 10.8. The molecule has 0 radical (unpaired) electrons. The van der Waals surface area contributed by atoms with E-state index in [0.29, 0.717) is 11.4 Å². The number of anilines is 1. The molecular weight excluding hydrogens is 260 g/mol. The van der Waals surface area contributed by atoms with Gasteiger partial charge in [-0.05, 0) is 26.7 Å². The lowest BCUT2D eigenvalue weighted by Gasteiger charge is -2.09. The van der Waals surface area contributed by atoms with Gasteiger partial charge in [-0.1, -0.05) is 0 Å². The summed E-state index contributed by atoms with van der Waals surface area (Å²) in [4.78, 5) is 10.4. The van der Waals surface area contributed by atoms with Gasteiger partial charge in [-0.25, -0.2) is 0 Å².